The summed E-state index contributed by atoms with van der Waals surface area (Å²) in [5, 5.41) is 0.539. The van der Waals surface area contributed by atoms with E-state index in [0.29, 0.717) is 23.0 Å². The first-order chi connectivity index (χ1) is 11.4. The van der Waals surface area contributed by atoms with Crippen molar-refractivity contribution in [2.24, 2.45) is 0 Å². The molecule has 1 saturated heterocycles. The number of rotatable bonds is 4. The van der Waals surface area contributed by atoms with E-state index in [1.165, 1.54) is 11.1 Å². The van der Waals surface area contributed by atoms with Crippen LogP contribution in [0.1, 0.15) is 11.1 Å². The molecule has 4 nitrogen and oxygen atoms in total. The molecule has 0 radical (unpaired) electrons. The van der Waals surface area contributed by atoms with Gasteiger partial charge in [0.2, 0.25) is 10.0 Å². The minimum atomic E-state index is -3.43. The molecule has 0 unspecified atom stereocenters. The van der Waals surface area contributed by atoms with Crippen molar-refractivity contribution in [3.05, 3.63) is 64.7 Å². The van der Waals surface area contributed by atoms with Gasteiger partial charge < -0.3 is 0 Å². The van der Waals surface area contributed by atoms with Gasteiger partial charge in [0.25, 0.3) is 0 Å². The van der Waals surface area contributed by atoms with Crippen LogP contribution < -0.4 is 0 Å². The molecule has 0 N–H and O–H groups in total. The van der Waals surface area contributed by atoms with E-state index in [9.17, 15) is 8.42 Å². The molecule has 0 amide bonds. The molecular weight excluding hydrogens is 344 g/mol. The first-order valence-electron chi connectivity index (χ1n) is 7.99. The van der Waals surface area contributed by atoms with Crippen molar-refractivity contribution in [2.45, 2.75) is 18.4 Å². The van der Waals surface area contributed by atoms with Crippen molar-refractivity contribution in [2.75, 3.05) is 26.2 Å². The normalized spacial score (nSPS) is 17.1. The topological polar surface area (TPSA) is 40.6 Å². The maximum Gasteiger partial charge on any atom is 0.243 e. The highest BCUT2D eigenvalue weighted by Gasteiger charge is 2.28. The molecular formula is C18H21ClN2O2S. The molecule has 0 saturated carbocycles. The molecule has 24 heavy (non-hydrogen) atoms. The fourth-order valence-corrected chi connectivity index (χ4v) is 4.50. The molecule has 0 bridgehead atoms. The Morgan fingerprint density at radius 2 is 1.67 bits per heavy atom. The molecule has 1 fully saturated rings. The van der Waals surface area contributed by atoms with E-state index >= 15 is 0 Å². The SMILES string of the molecule is Cc1cccc(CN2CCN(S(=O)(=O)c3ccc(Cl)cc3)CC2)c1. The van der Waals surface area contributed by atoms with Crippen LogP contribution >= 0.6 is 11.6 Å². The summed E-state index contributed by atoms with van der Waals surface area (Å²) >= 11 is 5.84. The molecule has 0 atom stereocenters. The van der Waals surface area contributed by atoms with Gasteiger partial charge in [-0.3, -0.25) is 4.90 Å². The lowest BCUT2D eigenvalue weighted by Crippen LogP contribution is -2.48. The van der Waals surface area contributed by atoms with E-state index in [1.54, 1.807) is 28.6 Å². The van der Waals surface area contributed by atoms with Crippen molar-refractivity contribution in [3.63, 3.8) is 0 Å². The maximum atomic E-state index is 12.7. The van der Waals surface area contributed by atoms with E-state index in [0.717, 1.165) is 19.6 Å². The standard InChI is InChI=1S/C18H21ClN2O2S/c1-15-3-2-4-16(13-15)14-20-9-11-21(12-10-20)24(22,23)18-7-5-17(19)6-8-18/h2-8,13H,9-12,14H2,1H3. The van der Waals surface area contributed by atoms with Gasteiger partial charge in [-0.05, 0) is 36.8 Å². The van der Waals surface area contributed by atoms with Crippen LogP contribution in [0.2, 0.25) is 5.02 Å². The molecule has 1 heterocycles. The van der Waals surface area contributed by atoms with Gasteiger partial charge in [0.15, 0.2) is 0 Å². The number of aryl methyl sites for hydroxylation is 1. The van der Waals surface area contributed by atoms with Crippen molar-refractivity contribution >= 4 is 21.6 Å². The zero-order chi connectivity index (χ0) is 17.2. The molecule has 0 aliphatic carbocycles. The van der Waals surface area contributed by atoms with Crippen molar-refractivity contribution in [1.82, 2.24) is 9.21 Å². The van der Waals surface area contributed by atoms with E-state index in [4.69, 9.17) is 11.6 Å². The molecule has 0 aromatic heterocycles. The molecule has 1 aliphatic heterocycles. The van der Waals surface area contributed by atoms with E-state index in [-0.39, 0.29) is 0 Å². The number of nitrogens with zero attached hydrogens (tertiary/aromatic N) is 2. The fraction of sp³-hybridized carbons (Fsp3) is 0.333. The average Bonchev–Trinajstić information content (AvgIpc) is 2.56. The van der Waals surface area contributed by atoms with Crippen LogP contribution in [0.25, 0.3) is 0 Å². The lowest BCUT2D eigenvalue weighted by Gasteiger charge is -2.34. The van der Waals surface area contributed by atoms with Crippen molar-refractivity contribution in [1.29, 1.82) is 0 Å². The van der Waals surface area contributed by atoms with Gasteiger partial charge in [0, 0.05) is 37.7 Å². The molecule has 2 aromatic rings. The Morgan fingerprint density at radius 3 is 2.29 bits per heavy atom. The third-order valence-corrected chi connectivity index (χ3v) is 6.44. The lowest BCUT2D eigenvalue weighted by molar-refractivity contribution is 0.181. The molecule has 128 valence electrons. The number of hydrogen-bond acceptors (Lipinski definition) is 3. The maximum absolute atomic E-state index is 12.7. The molecule has 2 aromatic carbocycles. The van der Waals surface area contributed by atoms with Gasteiger partial charge in [0.05, 0.1) is 4.90 Å². The Balaban J connectivity index is 1.63. The summed E-state index contributed by atoms with van der Waals surface area (Å²) in [5.74, 6) is 0. The molecule has 6 heteroatoms. The highest BCUT2D eigenvalue weighted by Crippen LogP contribution is 2.20. The van der Waals surface area contributed by atoms with Crippen molar-refractivity contribution < 1.29 is 8.42 Å². The summed E-state index contributed by atoms with van der Waals surface area (Å²) in [6.45, 7) is 5.44. The summed E-state index contributed by atoms with van der Waals surface area (Å²) < 4.78 is 26.9. The highest BCUT2D eigenvalue weighted by molar-refractivity contribution is 7.89. The number of hydrogen-bond donors (Lipinski definition) is 0. The van der Waals surface area contributed by atoms with Crippen LogP contribution in [0.4, 0.5) is 0 Å². The summed E-state index contributed by atoms with van der Waals surface area (Å²) in [7, 11) is -3.43. The second-order valence-corrected chi connectivity index (χ2v) is 8.50. The van der Waals surface area contributed by atoms with Gasteiger partial charge in [-0.1, -0.05) is 41.4 Å². The zero-order valence-electron chi connectivity index (χ0n) is 13.7. The number of piperazine rings is 1. The second-order valence-electron chi connectivity index (χ2n) is 6.12. The predicted molar refractivity (Wildman–Crippen MR) is 96.7 cm³/mol. The third kappa shape index (κ3) is 3.98. The first-order valence-corrected chi connectivity index (χ1v) is 9.80. The van der Waals surface area contributed by atoms with Crippen LogP contribution in [0.3, 0.4) is 0 Å². The Morgan fingerprint density at radius 1 is 1.00 bits per heavy atom. The van der Waals surface area contributed by atoms with Gasteiger partial charge >= 0.3 is 0 Å². The molecule has 0 spiro atoms. The van der Waals surface area contributed by atoms with Gasteiger partial charge in [-0.2, -0.15) is 4.31 Å². The molecule has 1 aliphatic rings. The van der Waals surface area contributed by atoms with Gasteiger partial charge in [-0.25, -0.2) is 8.42 Å². The van der Waals surface area contributed by atoms with Crippen LogP contribution in [0.15, 0.2) is 53.4 Å². The third-order valence-electron chi connectivity index (χ3n) is 4.27. The smallest absolute Gasteiger partial charge is 0.243 e. The quantitative estimate of drug-likeness (QED) is 0.836. The average molecular weight is 365 g/mol. The number of sulfonamides is 1. The van der Waals surface area contributed by atoms with Crippen molar-refractivity contribution in [3.8, 4) is 0 Å². The lowest BCUT2D eigenvalue weighted by atomic mass is 10.1. The summed E-state index contributed by atoms with van der Waals surface area (Å²) in [6.07, 6.45) is 0. The minimum Gasteiger partial charge on any atom is -0.296 e. The number of halogens is 1. The molecule has 3 rings (SSSR count). The fourth-order valence-electron chi connectivity index (χ4n) is 2.95. The van der Waals surface area contributed by atoms with Crippen LogP contribution in [0, 0.1) is 6.92 Å². The summed E-state index contributed by atoms with van der Waals surface area (Å²) in [5.41, 5.74) is 2.51. The summed E-state index contributed by atoms with van der Waals surface area (Å²) in [4.78, 5) is 2.60. The van der Waals surface area contributed by atoms with E-state index in [1.807, 2.05) is 0 Å². The Labute approximate surface area is 148 Å². The van der Waals surface area contributed by atoms with Crippen LogP contribution in [-0.2, 0) is 16.6 Å². The first kappa shape index (κ1) is 17.4. The van der Waals surface area contributed by atoms with E-state index in [2.05, 4.69) is 36.1 Å². The summed E-state index contributed by atoms with van der Waals surface area (Å²) in [6, 6.07) is 14.8. The highest BCUT2D eigenvalue weighted by atomic mass is 35.5. The van der Waals surface area contributed by atoms with E-state index < -0.39 is 10.0 Å². The van der Waals surface area contributed by atoms with Crippen LogP contribution in [0.5, 0.6) is 0 Å². The monoisotopic (exact) mass is 364 g/mol. The predicted octanol–water partition coefficient (Wildman–Crippen LogP) is 3.15. The Bertz CT molecular complexity index is 798. The second kappa shape index (κ2) is 7.23. The number of benzene rings is 2. The zero-order valence-corrected chi connectivity index (χ0v) is 15.2. The van der Waals surface area contributed by atoms with Gasteiger partial charge in [0.1, 0.15) is 0 Å². The van der Waals surface area contributed by atoms with Crippen LogP contribution in [-0.4, -0.2) is 43.8 Å². The Hall–Kier alpha value is -1.40. The Kier molecular flexibility index (Phi) is 5.25. The van der Waals surface area contributed by atoms with Gasteiger partial charge in [-0.15, -0.1) is 0 Å². The largest absolute Gasteiger partial charge is 0.296 e. The minimum absolute atomic E-state index is 0.305.